The van der Waals surface area contributed by atoms with E-state index in [-0.39, 0.29) is 25.3 Å². The summed E-state index contributed by atoms with van der Waals surface area (Å²) in [5.41, 5.74) is 0. The minimum atomic E-state index is -0.953. The summed E-state index contributed by atoms with van der Waals surface area (Å²) in [6.45, 7) is 2.16. The molecule has 0 aliphatic carbocycles. The van der Waals surface area contributed by atoms with Gasteiger partial charge in [0.15, 0.2) is 0 Å². The second kappa shape index (κ2) is 5.96. The topological polar surface area (TPSA) is 92.0 Å². The van der Waals surface area contributed by atoms with Gasteiger partial charge in [-0.1, -0.05) is 0 Å². The number of ether oxygens (including phenoxy) is 1. The van der Waals surface area contributed by atoms with Crippen molar-refractivity contribution in [3.63, 3.8) is 0 Å². The summed E-state index contributed by atoms with van der Waals surface area (Å²) in [6, 6.07) is 2.41. The Labute approximate surface area is 116 Å². The summed E-state index contributed by atoms with van der Waals surface area (Å²) < 4.78 is 10.4. The van der Waals surface area contributed by atoms with Crippen LogP contribution < -0.4 is 5.32 Å². The van der Waals surface area contributed by atoms with Crippen molar-refractivity contribution >= 4 is 12.0 Å². The number of nitrogens with one attached hydrogen (secondary N) is 1. The van der Waals surface area contributed by atoms with Crippen molar-refractivity contribution in [1.82, 2.24) is 10.2 Å². The maximum atomic E-state index is 12.1. The van der Waals surface area contributed by atoms with Crippen LogP contribution in [0.3, 0.4) is 0 Å². The Kier molecular flexibility index (Phi) is 4.29. The highest BCUT2D eigenvalue weighted by molar-refractivity contribution is 5.77. The van der Waals surface area contributed by atoms with Gasteiger partial charge in [0.05, 0.1) is 31.6 Å². The average molecular weight is 282 g/mol. The number of carbonyl (C=O) groups excluding carboxylic acids is 1. The van der Waals surface area contributed by atoms with Crippen molar-refractivity contribution in [3.05, 3.63) is 24.2 Å². The lowest BCUT2D eigenvalue weighted by atomic mass is 10.0. The molecule has 0 spiro atoms. The molecule has 110 valence electrons. The number of carboxylic acid groups (broad SMARTS) is 1. The van der Waals surface area contributed by atoms with E-state index in [4.69, 9.17) is 14.3 Å². The molecule has 3 atom stereocenters. The third-order valence-electron chi connectivity index (χ3n) is 3.50. The molecule has 7 heteroatoms. The van der Waals surface area contributed by atoms with Gasteiger partial charge < -0.3 is 24.5 Å². The third kappa shape index (κ3) is 2.93. The van der Waals surface area contributed by atoms with E-state index in [1.165, 1.54) is 11.2 Å². The number of nitrogens with zero attached hydrogens (tertiary/aromatic N) is 1. The molecule has 0 radical (unpaired) electrons. The van der Waals surface area contributed by atoms with Gasteiger partial charge in [0, 0.05) is 7.05 Å². The molecular weight excluding hydrogens is 264 g/mol. The Morgan fingerprint density at radius 3 is 2.85 bits per heavy atom. The predicted octanol–water partition coefficient (Wildman–Crippen LogP) is 1.08. The molecule has 2 amide bonds. The number of carboxylic acids is 1. The summed E-state index contributed by atoms with van der Waals surface area (Å²) in [7, 11) is 1.57. The zero-order valence-electron chi connectivity index (χ0n) is 11.4. The monoisotopic (exact) mass is 282 g/mol. The second-order valence-corrected chi connectivity index (χ2v) is 4.85. The highest BCUT2D eigenvalue weighted by Gasteiger charge is 2.38. The van der Waals surface area contributed by atoms with Crippen molar-refractivity contribution in [2.75, 3.05) is 20.3 Å². The third-order valence-corrected chi connectivity index (χ3v) is 3.50. The highest BCUT2D eigenvalue weighted by Crippen LogP contribution is 2.20. The van der Waals surface area contributed by atoms with Crippen molar-refractivity contribution in [1.29, 1.82) is 0 Å². The first-order chi connectivity index (χ1) is 9.50. The average Bonchev–Trinajstić information content (AvgIpc) is 3.08. The molecule has 1 aromatic heterocycles. The lowest BCUT2D eigenvalue weighted by molar-refractivity contribution is -0.142. The number of hydrogen-bond donors (Lipinski definition) is 2. The number of likely N-dealkylation sites (N-methyl/N-ethyl adjacent to an activating group) is 1. The smallest absolute Gasteiger partial charge is 0.318 e. The zero-order valence-corrected chi connectivity index (χ0v) is 11.4. The summed E-state index contributed by atoms with van der Waals surface area (Å²) in [5.74, 6) is -1.000. The molecule has 1 aliphatic heterocycles. The van der Waals surface area contributed by atoms with Crippen LogP contribution in [0.1, 0.15) is 18.7 Å². The number of urea groups is 1. The normalized spacial score (nSPS) is 23.3. The van der Waals surface area contributed by atoms with Gasteiger partial charge in [-0.05, 0) is 19.1 Å². The van der Waals surface area contributed by atoms with E-state index in [0.29, 0.717) is 5.76 Å². The molecule has 7 nitrogen and oxygen atoms in total. The first-order valence-corrected chi connectivity index (χ1v) is 6.38. The first-order valence-electron chi connectivity index (χ1n) is 6.38. The predicted molar refractivity (Wildman–Crippen MR) is 69.2 cm³/mol. The summed E-state index contributed by atoms with van der Waals surface area (Å²) in [4.78, 5) is 24.6. The zero-order chi connectivity index (χ0) is 14.7. The van der Waals surface area contributed by atoms with E-state index < -0.39 is 17.9 Å². The van der Waals surface area contributed by atoms with Crippen LogP contribution in [-0.2, 0) is 9.53 Å². The fourth-order valence-corrected chi connectivity index (χ4v) is 2.21. The maximum absolute atomic E-state index is 12.1. The van der Waals surface area contributed by atoms with E-state index in [9.17, 15) is 9.59 Å². The molecule has 2 heterocycles. The van der Waals surface area contributed by atoms with Crippen LogP contribution in [0, 0.1) is 5.92 Å². The van der Waals surface area contributed by atoms with Crippen LogP contribution in [0.2, 0.25) is 0 Å². The Balaban J connectivity index is 1.96. The van der Waals surface area contributed by atoms with E-state index in [0.717, 1.165) is 0 Å². The molecule has 20 heavy (non-hydrogen) atoms. The molecule has 0 saturated carbocycles. The molecule has 0 aromatic carbocycles. The molecule has 3 unspecified atom stereocenters. The Morgan fingerprint density at radius 2 is 2.25 bits per heavy atom. The van der Waals surface area contributed by atoms with Crippen LogP contribution >= 0.6 is 0 Å². The maximum Gasteiger partial charge on any atom is 0.318 e. The summed E-state index contributed by atoms with van der Waals surface area (Å²) >= 11 is 0. The molecule has 1 aliphatic rings. The highest BCUT2D eigenvalue weighted by atomic mass is 16.5. The Morgan fingerprint density at radius 1 is 1.50 bits per heavy atom. The first kappa shape index (κ1) is 14.4. The van der Waals surface area contributed by atoms with E-state index in [1.54, 1.807) is 26.1 Å². The van der Waals surface area contributed by atoms with Gasteiger partial charge in [-0.25, -0.2) is 4.79 Å². The van der Waals surface area contributed by atoms with Gasteiger partial charge in [0.2, 0.25) is 0 Å². The van der Waals surface area contributed by atoms with Crippen LogP contribution in [0.15, 0.2) is 22.8 Å². The standard InChI is InChI=1S/C13H18N2O5/c1-8(11-4-3-5-20-11)14-13(18)15(2)10-7-19-6-9(10)12(16)17/h3-5,8-10H,6-7H2,1-2H3,(H,14,18)(H,16,17). The fourth-order valence-electron chi connectivity index (χ4n) is 2.21. The number of aliphatic carboxylic acids is 1. The van der Waals surface area contributed by atoms with Crippen LogP contribution in [0.5, 0.6) is 0 Å². The van der Waals surface area contributed by atoms with Crippen molar-refractivity contribution in [3.8, 4) is 0 Å². The van der Waals surface area contributed by atoms with Gasteiger partial charge in [-0.15, -0.1) is 0 Å². The quantitative estimate of drug-likeness (QED) is 0.862. The SMILES string of the molecule is CC(NC(=O)N(C)C1COCC1C(=O)O)c1ccco1. The van der Waals surface area contributed by atoms with Crippen molar-refractivity contribution in [2.24, 2.45) is 5.92 Å². The summed E-state index contributed by atoms with van der Waals surface area (Å²) in [5, 5.41) is 11.9. The Bertz CT molecular complexity index is 473. The molecule has 1 aromatic rings. The Hall–Kier alpha value is -2.02. The largest absolute Gasteiger partial charge is 0.481 e. The molecule has 1 saturated heterocycles. The van der Waals surface area contributed by atoms with E-state index in [1.807, 2.05) is 0 Å². The lowest BCUT2D eigenvalue weighted by Gasteiger charge is -2.27. The number of amides is 2. The van der Waals surface area contributed by atoms with E-state index in [2.05, 4.69) is 5.32 Å². The molecule has 2 rings (SSSR count). The summed E-state index contributed by atoms with van der Waals surface area (Å²) in [6.07, 6.45) is 1.53. The van der Waals surface area contributed by atoms with E-state index >= 15 is 0 Å². The fraction of sp³-hybridized carbons (Fsp3) is 0.538. The minimum absolute atomic E-state index is 0.130. The molecule has 2 N–H and O–H groups in total. The van der Waals surface area contributed by atoms with Crippen LogP contribution in [0.25, 0.3) is 0 Å². The second-order valence-electron chi connectivity index (χ2n) is 4.85. The van der Waals surface area contributed by atoms with Gasteiger partial charge in [0.25, 0.3) is 0 Å². The van der Waals surface area contributed by atoms with Gasteiger partial charge in [0.1, 0.15) is 11.7 Å². The number of rotatable bonds is 4. The van der Waals surface area contributed by atoms with Crippen LogP contribution in [0.4, 0.5) is 4.79 Å². The van der Waals surface area contributed by atoms with Gasteiger partial charge in [-0.3, -0.25) is 4.79 Å². The number of furan rings is 1. The number of carbonyl (C=O) groups is 2. The van der Waals surface area contributed by atoms with Crippen molar-refractivity contribution in [2.45, 2.75) is 19.0 Å². The lowest BCUT2D eigenvalue weighted by Crippen LogP contribution is -2.48. The molecule has 1 fully saturated rings. The number of hydrogen-bond acceptors (Lipinski definition) is 4. The van der Waals surface area contributed by atoms with Gasteiger partial charge in [-0.2, -0.15) is 0 Å². The van der Waals surface area contributed by atoms with Gasteiger partial charge >= 0.3 is 12.0 Å². The minimum Gasteiger partial charge on any atom is -0.481 e. The molecule has 0 bridgehead atoms. The van der Waals surface area contributed by atoms with Crippen molar-refractivity contribution < 1.29 is 23.8 Å². The van der Waals surface area contributed by atoms with Crippen LogP contribution in [-0.4, -0.2) is 48.3 Å². The molecular formula is C13H18N2O5.